The predicted molar refractivity (Wildman–Crippen MR) is 269 cm³/mol. The molecule has 0 unspecified atom stereocenters. The molecule has 308 valence electrons. The van der Waals surface area contributed by atoms with Crippen LogP contribution in [0.25, 0.3) is 89.2 Å². The van der Waals surface area contributed by atoms with E-state index >= 15 is 0 Å². The van der Waals surface area contributed by atoms with Gasteiger partial charge in [0.05, 0.1) is 22.1 Å². The number of aromatic nitrogens is 5. The standard InChI is InChI=1S/C59H42N6/c1-39-21-27-45(28-22-39)63(46-29-23-40(2)24-30-46)47-31-33-48(34-32-47)64-53-19-11-9-17-49(53)51-37-43(25-35-55(51)64)44-26-36-56-52(38-44)50-18-10-12-20-54(50)65(56)59-61-57(41-13-5-3-6-14-41)60-58(62-59)42-15-7-4-8-16-42/h3-38H,1-2H3. The average molecular weight is 835 g/mol. The Bertz CT molecular complexity index is 3600. The van der Waals surface area contributed by atoms with Gasteiger partial charge in [-0.15, -0.1) is 0 Å². The minimum atomic E-state index is 0.580. The van der Waals surface area contributed by atoms with E-state index in [2.05, 4.69) is 186 Å². The Labute approximate surface area is 377 Å². The molecular weight excluding hydrogens is 793 g/mol. The molecule has 0 aliphatic carbocycles. The highest BCUT2D eigenvalue weighted by atomic mass is 15.2. The Balaban J connectivity index is 0.961. The summed E-state index contributed by atoms with van der Waals surface area (Å²) in [6.45, 7) is 4.26. The molecule has 0 aliphatic heterocycles. The van der Waals surface area contributed by atoms with Gasteiger partial charge in [0.25, 0.3) is 0 Å². The maximum absolute atomic E-state index is 5.13. The van der Waals surface area contributed by atoms with Gasteiger partial charge in [0.1, 0.15) is 0 Å². The van der Waals surface area contributed by atoms with Crippen molar-refractivity contribution >= 4 is 60.7 Å². The van der Waals surface area contributed by atoms with E-state index in [1.165, 1.54) is 27.4 Å². The van der Waals surface area contributed by atoms with Crippen LogP contribution in [-0.4, -0.2) is 24.1 Å². The molecule has 3 aromatic heterocycles. The van der Waals surface area contributed by atoms with Crippen molar-refractivity contribution in [3.8, 4) is 45.5 Å². The largest absolute Gasteiger partial charge is 0.311 e. The molecule has 0 atom stereocenters. The van der Waals surface area contributed by atoms with Crippen LogP contribution in [0.4, 0.5) is 17.1 Å². The molecule has 3 heterocycles. The second-order valence-electron chi connectivity index (χ2n) is 16.7. The van der Waals surface area contributed by atoms with Crippen LogP contribution in [0.1, 0.15) is 11.1 Å². The third kappa shape index (κ3) is 6.71. The highest BCUT2D eigenvalue weighted by Crippen LogP contribution is 2.40. The molecule has 0 bridgehead atoms. The molecule has 0 saturated heterocycles. The molecule has 9 aromatic carbocycles. The molecule has 65 heavy (non-hydrogen) atoms. The number of para-hydroxylation sites is 2. The SMILES string of the molecule is Cc1ccc(N(c2ccc(C)cc2)c2ccc(-n3c4ccccc4c4cc(-c5ccc6c(c5)c5ccccc5n6-c5nc(-c6ccccc6)nc(-c6ccccc6)n5)ccc43)cc2)cc1. The number of fused-ring (bicyclic) bond motifs is 6. The molecule has 6 nitrogen and oxygen atoms in total. The van der Waals surface area contributed by atoms with Crippen LogP contribution in [0.5, 0.6) is 0 Å². The summed E-state index contributed by atoms with van der Waals surface area (Å²) in [6.07, 6.45) is 0. The molecule has 0 saturated carbocycles. The monoisotopic (exact) mass is 834 g/mol. The lowest BCUT2D eigenvalue weighted by atomic mass is 10.0. The summed E-state index contributed by atoms with van der Waals surface area (Å²) in [5.74, 6) is 1.84. The van der Waals surface area contributed by atoms with Crippen LogP contribution in [-0.2, 0) is 0 Å². The molecule has 0 spiro atoms. The van der Waals surface area contributed by atoms with Crippen molar-refractivity contribution in [2.45, 2.75) is 13.8 Å². The van der Waals surface area contributed by atoms with E-state index in [9.17, 15) is 0 Å². The van der Waals surface area contributed by atoms with Gasteiger partial charge in [-0.25, -0.2) is 4.98 Å². The summed E-state index contributed by atoms with van der Waals surface area (Å²) in [7, 11) is 0. The van der Waals surface area contributed by atoms with E-state index in [-0.39, 0.29) is 0 Å². The van der Waals surface area contributed by atoms with Crippen molar-refractivity contribution in [1.82, 2.24) is 24.1 Å². The van der Waals surface area contributed by atoms with Gasteiger partial charge in [-0.05, 0) is 110 Å². The van der Waals surface area contributed by atoms with Gasteiger partial charge in [0, 0.05) is 55.4 Å². The highest BCUT2D eigenvalue weighted by Gasteiger charge is 2.20. The number of nitrogens with zero attached hydrogens (tertiary/aromatic N) is 6. The van der Waals surface area contributed by atoms with E-state index in [1.807, 2.05) is 60.7 Å². The molecule has 12 rings (SSSR count). The summed E-state index contributed by atoms with van der Waals surface area (Å²) in [4.78, 5) is 17.5. The third-order valence-electron chi connectivity index (χ3n) is 12.5. The van der Waals surface area contributed by atoms with Crippen molar-refractivity contribution in [2.24, 2.45) is 0 Å². The van der Waals surface area contributed by atoms with Crippen molar-refractivity contribution in [3.05, 3.63) is 230 Å². The van der Waals surface area contributed by atoms with Gasteiger partial charge in [-0.3, -0.25) is 4.57 Å². The van der Waals surface area contributed by atoms with E-state index in [1.54, 1.807) is 0 Å². The van der Waals surface area contributed by atoms with Gasteiger partial charge in [0.15, 0.2) is 11.6 Å². The molecule has 0 aliphatic rings. The van der Waals surface area contributed by atoms with Crippen LogP contribution in [0.2, 0.25) is 0 Å². The van der Waals surface area contributed by atoms with Crippen LogP contribution in [0, 0.1) is 13.8 Å². The third-order valence-corrected chi connectivity index (χ3v) is 12.5. The Morgan fingerprint density at radius 3 is 1.22 bits per heavy atom. The molecule has 6 heteroatoms. The Morgan fingerprint density at radius 1 is 0.323 bits per heavy atom. The first-order valence-electron chi connectivity index (χ1n) is 22.0. The second kappa shape index (κ2) is 15.6. The fourth-order valence-electron chi connectivity index (χ4n) is 9.28. The number of rotatable bonds is 8. The minimum absolute atomic E-state index is 0.580. The van der Waals surface area contributed by atoms with Gasteiger partial charge >= 0.3 is 0 Å². The van der Waals surface area contributed by atoms with Crippen LogP contribution in [0.3, 0.4) is 0 Å². The summed E-state index contributed by atoms with van der Waals surface area (Å²) in [5.41, 5.74) is 15.5. The first kappa shape index (κ1) is 38.1. The fraction of sp³-hybridized carbons (Fsp3) is 0.0339. The van der Waals surface area contributed by atoms with E-state index < -0.39 is 0 Å². The highest BCUT2D eigenvalue weighted by molar-refractivity contribution is 6.12. The molecule has 0 amide bonds. The average Bonchev–Trinajstić information content (AvgIpc) is 3.88. The summed E-state index contributed by atoms with van der Waals surface area (Å²) < 4.78 is 4.57. The first-order chi connectivity index (χ1) is 32.0. The van der Waals surface area contributed by atoms with Crippen molar-refractivity contribution in [3.63, 3.8) is 0 Å². The summed E-state index contributed by atoms with van der Waals surface area (Å²) in [5, 5.41) is 4.69. The Hall–Kier alpha value is -8.61. The lowest BCUT2D eigenvalue weighted by molar-refractivity contribution is 0.953. The van der Waals surface area contributed by atoms with Gasteiger partial charge in [0.2, 0.25) is 5.95 Å². The summed E-state index contributed by atoms with van der Waals surface area (Å²) in [6, 6.07) is 77.6. The van der Waals surface area contributed by atoms with Crippen molar-refractivity contribution < 1.29 is 0 Å². The molecule has 0 radical (unpaired) electrons. The quantitative estimate of drug-likeness (QED) is 0.153. The number of benzene rings is 9. The fourth-order valence-corrected chi connectivity index (χ4v) is 9.28. The molecule has 12 aromatic rings. The second-order valence-corrected chi connectivity index (χ2v) is 16.7. The molecule has 0 fully saturated rings. The number of hydrogen-bond donors (Lipinski definition) is 0. The Kier molecular flexibility index (Phi) is 9.16. The summed E-state index contributed by atoms with van der Waals surface area (Å²) >= 11 is 0. The zero-order valence-electron chi connectivity index (χ0n) is 36.0. The predicted octanol–water partition coefficient (Wildman–Crippen LogP) is 15.2. The smallest absolute Gasteiger partial charge is 0.238 e. The normalized spacial score (nSPS) is 11.5. The molecular formula is C59H42N6. The minimum Gasteiger partial charge on any atom is -0.311 e. The van der Waals surface area contributed by atoms with E-state index in [0.29, 0.717) is 17.6 Å². The van der Waals surface area contributed by atoms with Gasteiger partial charge in [-0.1, -0.05) is 145 Å². The maximum Gasteiger partial charge on any atom is 0.238 e. The van der Waals surface area contributed by atoms with E-state index in [4.69, 9.17) is 15.0 Å². The van der Waals surface area contributed by atoms with Crippen molar-refractivity contribution in [2.75, 3.05) is 4.90 Å². The van der Waals surface area contributed by atoms with Crippen LogP contribution < -0.4 is 4.90 Å². The lowest BCUT2D eigenvalue weighted by Crippen LogP contribution is -2.10. The zero-order valence-corrected chi connectivity index (χ0v) is 36.0. The van der Waals surface area contributed by atoms with Crippen molar-refractivity contribution in [1.29, 1.82) is 0 Å². The lowest BCUT2D eigenvalue weighted by Gasteiger charge is -2.26. The van der Waals surface area contributed by atoms with Crippen LogP contribution in [0.15, 0.2) is 218 Å². The number of aryl methyl sites for hydroxylation is 2. The van der Waals surface area contributed by atoms with Gasteiger partial charge in [-0.2, -0.15) is 9.97 Å². The Morgan fingerprint density at radius 2 is 0.723 bits per heavy atom. The molecule has 0 N–H and O–H groups in total. The number of anilines is 3. The first-order valence-corrected chi connectivity index (χ1v) is 22.0. The maximum atomic E-state index is 5.13. The number of hydrogen-bond acceptors (Lipinski definition) is 4. The van der Waals surface area contributed by atoms with Crippen LogP contribution >= 0.6 is 0 Å². The van der Waals surface area contributed by atoms with Gasteiger partial charge < -0.3 is 9.47 Å². The van der Waals surface area contributed by atoms with E-state index in [0.717, 1.165) is 72.3 Å². The zero-order chi connectivity index (χ0) is 43.4. The topological polar surface area (TPSA) is 51.8 Å².